The molecule has 8 nitrogen and oxygen atoms in total. The number of aromatic nitrogens is 3. The summed E-state index contributed by atoms with van der Waals surface area (Å²) in [4.78, 5) is 29.8. The molecule has 26 heavy (non-hydrogen) atoms. The van der Waals surface area contributed by atoms with E-state index in [0.29, 0.717) is 23.7 Å². The van der Waals surface area contributed by atoms with Gasteiger partial charge in [-0.3, -0.25) is 9.59 Å². The van der Waals surface area contributed by atoms with Crippen LogP contribution in [0.4, 0.5) is 5.82 Å². The third-order valence-electron chi connectivity index (χ3n) is 3.75. The Balaban J connectivity index is 1.56. The first kappa shape index (κ1) is 17.4. The Bertz CT molecular complexity index is 884. The topological polar surface area (TPSA) is 93.3 Å². The van der Waals surface area contributed by atoms with Gasteiger partial charge in [0, 0.05) is 37.6 Å². The van der Waals surface area contributed by atoms with Crippen LogP contribution < -0.4 is 5.32 Å². The van der Waals surface area contributed by atoms with E-state index >= 15 is 0 Å². The number of imidazole rings is 1. The lowest BCUT2D eigenvalue weighted by molar-refractivity contribution is -0.116. The second-order valence-corrected chi connectivity index (χ2v) is 5.96. The van der Waals surface area contributed by atoms with E-state index in [0.717, 1.165) is 5.56 Å². The lowest BCUT2D eigenvalue weighted by atomic mass is 10.1. The first-order chi connectivity index (χ1) is 12.5. The minimum atomic E-state index is -0.342. The van der Waals surface area contributed by atoms with Gasteiger partial charge in [-0.15, -0.1) is 0 Å². The monoisotopic (exact) mass is 353 g/mol. The Hall–Kier alpha value is -3.42. The average molecular weight is 353 g/mol. The Kier molecular flexibility index (Phi) is 5.12. The molecular weight excluding hydrogens is 334 g/mol. The SMILES string of the molecule is Cc1cc(NC(=O)CN(C)C(=O)c2ccc(Cn3ccnc3)cc2)no1. The number of nitrogens with one attached hydrogen (secondary N) is 1. The van der Waals surface area contributed by atoms with Crippen LogP contribution in [0.3, 0.4) is 0 Å². The van der Waals surface area contributed by atoms with Crippen LogP contribution in [-0.4, -0.2) is 45.0 Å². The van der Waals surface area contributed by atoms with E-state index in [1.54, 1.807) is 44.7 Å². The van der Waals surface area contributed by atoms with Crippen LogP contribution in [0.1, 0.15) is 21.7 Å². The molecule has 0 saturated heterocycles. The minimum Gasteiger partial charge on any atom is -0.360 e. The van der Waals surface area contributed by atoms with Crippen LogP contribution >= 0.6 is 0 Å². The highest BCUT2D eigenvalue weighted by molar-refractivity contribution is 5.98. The van der Waals surface area contributed by atoms with Crippen LogP contribution in [0.15, 0.2) is 53.6 Å². The second-order valence-electron chi connectivity index (χ2n) is 5.96. The highest BCUT2D eigenvalue weighted by atomic mass is 16.5. The van der Waals surface area contributed by atoms with Gasteiger partial charge in [0.1, 0.15) is 5.76 Å². The maximum Gasteiger partial charge on any atom is 0.254 e. The Labute approximate surface area is 150 Å². The molecule has 0 atom stereocenters. The molecule has 0 aliphatic carbocycles. The average Bonchev–Trinajstić information content (AvgIpc) is 3.26. The number of carbonyl (C=O) groups is 2. The quantitative estimate of drug-likeness (QED) is 0.731. The van der Waals surface area contributed by atoms with Gasteiger partial charge in [0.2, 0.25) is 5.91 Å². The van der Waals surface area contributed by atoms with Crippen molar-refractivity contribution in [2.75, 3.05) is 18.9 Å². The van der Waals surface area contributed by atoms with Crippen LogP contribution in [0.25, 0.3) is 0 Å². The van der Waals surface area contributed by atoms with Crippen LogP contribution in [-0.2, 0) is 11.3 Å². The van der Waals surface area contributed by atoms with E-state index in [-0.39, 0.29) is 18.4 Å². The minimum absolute atomic E-state index is 0.0818. The maximum absolute atomic E-state index is 12.5. The molecule has 2 amide bonds. The van der Waals surface area contributed by atoms with E-state index in [2.05, 4.69) is 15.5 Å². The molecule has 0 fully saturated rings. The van der Waals surface area contributed by atoms with Gasteiger partial charge in [0.15, 0.2) is 5.82 Å². The first-order valence-corrected chi connectivity index (χ1v) is 8.04. The van der Waals surface area contributed by atoms with E-state index in [1.807, 2.05) is 22.9 Å². The molecule has 3 rings (SSSR count). The molecule has 0 bridgehead atoms. The van der Waals surface area contributed by atoms with Gasteiger partial charge >= 0.3 is 0 Å². The number of rotatable bonds is 6. The van der Waals surface area contributed by atoms with Gasteiger partial charge in [-0.05, 0) is 24.6 Å². The fourth-order valence-electron chi connectivity index (χ4n) is 2.46. The summed E-state index contributed by atoms with van der Waals surface area (Å²) < 4.78 is 6.83. The summed E-state index contributed by atoms with van der Waals surface area (Å²) in [5.41, 5.74) is 1.58. The van der Waals surface area contributed by atoms with Crippen molar-refractivity contribution >= 4 is 17.6 Å². The zero-order valence-corrected chi connectivity index (χ0v) is 14.5. The van der Waals surface area contributed by atoms with Crippen LogP contribution in [0.2, 0.25) is 0 Å². The van der Waals surface area contributed by atoms with Gasteiger partial charge in [-0.2, -0.15) is 0 Å². The molecule has 0 spiro atoms. The Morgan fingerprint density at radius 1 is 1.27 bits per heavy atom. The predicted molar refractivity (Wildman–Crippen MR) is 94.6 cm³/mol. The van der Waals surface area contributed by atoms with Crippen LogP contribution in [0.5, 0.6) is 0 Å². The molecule has 2 heterocycles. The molecule has 0 aliphatic heterocycles. The van der Waals surface area contributed by atoms with E-state index in [4.69, 9.17) is 4.52 Å². The second kappa shape index (κ2) is 7.64. The number of carbonyl (C=O) groups excluding carboxylic acids is 2. The summed E-state index contributed by atoms with van der Waals surface area (Å²) in [6, 6.07) is 8.89. The Morgan fingerprint density at radius 3 is 2.65 bits per heavy atom. The molecule has 0 aliphatic rings. The normalized spacial score (nSPS) is 10.5. The van der Waals surface area contributed by atoms with E-state index in [9.17, 15) is 9.59 Å². The Morgan fingerprint density at radius 2 is 2.04 bits per heavy atom. The van der Waals surface area contributed by atoms with Crippen molar-refractivity contribution in [3.8, 4) is 0 Å². The highest BCUT2D eigenvalue weighted by Crippen LogP contribution is 2.10. The molecule has 8 heteroatoms. The molecule has 2 aromatic heterocycles. The summed E-state index contributed by atoms with van der Waals surface area (Å²) in [5, 5.41) is 6.28. The van der Waals surface area contributed by atoms with E-state index < -0.39 is 0 Å². The number of likely N-dealkylation sites (N-methyl/N-ethyl adjacent to an activating group) is 1. The van der Waals surface area contributed by atoms with Crippen molar-refractivity contribution in [2.24, 2.45) is 0 Å². The van der Waals surface area contributed by atoms with Crippen molar-refractivity contribution in [3.63, 3.8) is 0 Å². The van der Waals surface area contributed by atoms with Gasteiger partial charge < -0.3 is 19.3 Å². The molecular formula is C18H19N5O3. The van der Waals surface area contributed by atoms with Crippen molar-refractivity contribution in [1.29, 1.82) is 0 Å². The smallest absolute Gasteiger partial charge is 0.254 e. The summed E-state index contributed by atoms with van der Waals surface area (Å²) in [6.45, 7) is 2.33. The predicted octanol–water partition coefficient (Wildman–Crippen LogP) is 1.94. The standard InChI is InChI=1S/C18H19N5O3/c1-13-9-16(21-26-13)20-17(24)11-22(2)18(25)15-5-3-14(4-6-15)10-23-8-7-19-12-23/h3-9,12H,10-11H2,1-2H3,(H,20,21,24). The van der Waals surface area contributed by atoms with Gasteiger partial charge in [-0.1, -0.05) is 17.3 Å². The molecule has 3 aromatic rings. The number of amides is 2. The third-order valence-corrected chi connectivity index (χ3v) is 3.75. The zero-order chi connectivity index (χ0) is 18.5. The number of hydrogen-bond acceptors (Lipinski definition) is 5. The molecule has 0 saturated carbocycles. The van der Waals surface area contributed by atoms with Crippen molar-refractivity contribution in [1.82, 2.24) is 19.6 Å². The van der Waals surface area contributed by atoms with Crippen LogP contribution in [0, 0.1) is 6.92 Å². The number of hydrogen-bond donors (Lipinski definition) is 1. The van der Waals surface area contributed by atoms with Crippen molar-refractivity contribution < 1.29 is 14.1 Å². The summed E-state index contributed by atoms with van der Waals surface area (Å²) in [5.74, 6) is 0.356. The highest BCUT2D eigenvalue weighted by Gasteiger charge is 2.16. The van der Waals surface area contributed by atoms with Gasteiger partial charge in [0.25, 0.3) is 5.91 Å². The van der Waals surface area contributed by atoms with Crippen molar-refractivity contribution in [2.45, 2.75) is 13.5 Å². The zero-order valence-electron chi connectivity index (χ0n) is 14.5. The molecule has 1 N–H and O–H groups in total. The number of aryl methyl sites for hydroxylation is 1. The fourth-order valence-corrected chi connectivity index (χ4v) is 2.46. The van der Waals surface area contributed by atoms with Gasteiger partial charge in [0.05, 0.1) is 12.9 Å². The number of benzene rings is 1. The summed E-state index contributed by atoms with van der Waals surface area (Å²) >= 11 is 0. The molecule has 0 unspecified atom stereocenters. The summed E-state index contributed by atoms with van der Waals surface area (Å²) in [6.07, 6.45) is 5.34. The first-order valence-electron chi connectivity index (χ1n) is 8.04. The fraction of sp³-hybridized carbons (Fsp3) is 0.222. The van der Waals surface area contributed by atoms with Gasteiger partial charge in [-0.25, -0.2) is 4.98 Å². The maximum atomic E-state index is 12.5. The third kappa shape index (κ3) is 4.35. The molecule has 1 aromatic carbocycles. The largest absolute Gasteiger partial charge is 0.360 e. The number of anilines is 1. The lowest BCUT2D eigenvalue weighted by Crippen LogP contribution is -2.35. The number of nitrogens with zero attached hydrogens (tertiary/aromatic N) is 4. The van der Waals surface area contributed by atoms with E-state index in [1.165, 1.54) is 4.90 Å². The lowest BCUT2D eigenvalue weighted by Gasteiger charge is -2.16. The summed E-state index contributed by atoms with van der Waals surface area (Å²) in [7, 11) is 1.58. The van der Waals surface area contributed by atoms with Crippen molar-refractivity contribution in [3.05, 3.63) is 65.9 Å². The molecule has 0 radical (unpaired) electrons. The molecule has 134 valence electrons.